The van der Waals surface area contributed by atoms with Gasteiger partial charge >= 0.3 is 5.97 Å². The van der Waals surface area contributed by atoms with E-state index in [2.05, 4.69) is 0 Å². The normalized spacial score (nSPS) is 13.4. The van der Waals surface area contributed by atoms with Crippen LogP contribution in [0.1, 0.15) is 31.1 Å². The zero-order valence-electron chi connectivity index (χ0n) is 11.9. The lowest BCUT2D eigenvalue weighted by atomic mass is 10.1. The second-order valence-electron chi connectivity index (χ2n) is 4.73. The summed E-state index contributed by atoms with van der Waals surface area (Å²) in [6.45, 7) is 0. The van der Waals surface area contributed by atoms with Gasteiger partial charge in [0, 0.05) is 4.90 Å². The number of hydrogen-bond donors (Lipinski definition) is 0. The van der Waals surface area contributed by atoms with Gasteiger partial charge in [0.15, 0.2) is 0 Å². The van der Waals surface area contributed by atoms with E-state index < -0.39 is 23.5 Å². The number of nitrogens with zero attached hydrogens (tertiary/aromatic N) is 1. The minimum atomic E-state index is -2.57. The summed E-state index contributed by atoms with van der Waals surface area (Å²) in [4.78, 5) is 41.4. The fraction of sp³-hybridized carbons (Fsp3) is 0.0625. The number of hydroxylamine groups is 2. The molecule has 0 radical (unpaired) electrons. The van der Waals surface area contributed by atoms with Gasteiger partial charge in [0.25, 0.3) is 17.6 Å². The highest BCUT2D eigenvalue weighted by Crippen LogP contribution is 2.26. The Morgan fingerprint density at radius 2 is 1.50 bits per heavy atom. The van der Waals surface area contributed by atoms with E-state index in [1.807, 2.05) is 0 Å². The number of fused-ring (bicyclic) bond motifs is 1. The lowest BCUT2D eigenvalue weighted by Gasteiger charge is -2.12. The standard InChI is InChI=1S/C16H9F2NO4S/c17-16(18)24-10-7-5-9(6-8-10)15(22)23-19-13(20)11-3-1-2-4-12(11)14(19)21/h1-8,16H. The Morgan fingerprint density at radius 1 is 0.958 bits per heavy atom. The third kappa shape index (κ3) is 3.00. The number of rotatable bonds is 4. The first kappa shape index (κ1) is 16.1. The van der Waals surface area contributed by atoms with Crippen molar-refractivity contribution in [2.75, 3.05) is 0 Å². The Hall–Kier alpha value is -2.74. The molecule has 0 saturated heterocycles. The summed E-state index contributed by atoms with van der Waals surface area (Å²) < 4.78 is 24.5. The summed E-state index contributed by atoms with van der Waals surface area (Å²) in [5.41, 5.74) is 0.336. The zero-order valence-corrected chi connectivity index (χ0v) is 12.8. The number of hydrogen-bond acceptors (Lipinski definition) is 5. The molecule has 1 aliphatic heterocycles. The van der Waals surface area contributed by atoms with E-state index in [1.165, 1.54) is 36.4 Å². The molecule has 0 unspecified atom stereocenters. The summed E-state index contributed by atoms with van der Waals surface area (Å²) in [6.07, 6.45) is 0. The minimum Gasteiger partial charge on any atom is -0.324 e. The van der Waals surface area contributed by atoms with E-state index in [0.717, 1.165) is 0 Å². The first-order valence-electron chi connectivity index (χ1n) is 6.72. The quantitative estimate of drug-likeness (QED) is 0.625. The van der Waals surface area contributed by atoms with Crippen molar-refractivity contribution in [3.8, 4) is 0 Å². The highest BCUT2D eigenvalue weighted by atomic mass is 32.2. The summed E-state index contributed by atoms with van der Waals surface area (Å²) in [7, 11) is 0. The maximum absolute atomic E-state index is 12.3. The molecule has 1 heterocycles. The molecule has 0 fully saturated rings. The molecule has 0 bridgehead atoms. The van der Waals surface area contributed by atoms with Crippen LogP contribution < -0.4 is 0 Å². The SMILES string of the molecule is O=C(ON1C(=O)c2ccccc2C1=O)c1ccc(SC(F)F)cc1. The highest BCUT2D eigenvalue weighted by Gasteiger charge is 2.38. The lowest BCUT2D eigenvalue weighted by molar-refractivity contribution is -0.0584. The molecule has 0 spiro atoms. The van der Waals surface area contributed by atoms with Gasteiger partial charge < -0.3 is 4.84 Å². The molecule has 0 aromatic heterocycles. The van der Waals surface area contributed by atoms with Crippen molar-refractivity contribution in [1.82, 2.24) is 5.06 Å². The molecule has 0 aliphatic carbocycles. The van der Waals surface area contributed by atoms with Crippen molar-refractivity contribution >= 4 is 29.5 Å². The van der Waals surface area contributed by atoms with Gasteiger partial charge in [0.1, 0.15) is 0 Å². The number of halogens is 2. The minimum absolute atomic E-state index is 0.0326. The van der Waals surface area contributed by atoms with Crippen molar-refractivity contribution < 1.29 is 28.0 Å². The second kappa shape index (κ2) is 6.40. The Balaban J connectivity index is 1.74. The van der Waals surface area contributed by atoms with Crippen molar-refractivity contribution in [3.63, 3.8) is 0 Å². The van der Waals surface area contributed by atoms with E-state index in [9.17, 15) is 23.2 Å². The van der Waals surface area contributed by atoms with Crippen molar-refractivity contribution in [1.29, 1.82) is 0 Å². The predicted molar refractivity (Wildman–Crippen MR) is 80.7 cm³/mol. The van der Waals surface area contributed by atoms with Crippen LogP contribution in [0.15, 0.2) is 53.4 Å². The monoisotopic (exact) mass is 349 g/mol. The van der Waals surface area contributed by atoms with Crippen LogP contribution in [0, 0.1) is 0 Å². The molecule has 2 aromatic carbocycles. The Labute approximate surface area is 139 Å². The summed E-state index contributed by atoms with van der Waals surface area (Å²) in [5.74, 6) is -4.96. The molecule has 5 nitrogen and oxygen atoms in total. The van der Waals surface area contributed by atoms with Gasteiger partial charge in [-0.25, -0.2) is 4.79 Å². The molecule has 2 aromatic rings. The number of carbonyl (C=O) groups excluding carboxylic acids is 3. The van der Waals surface area contributed by atoms with Crippen LogP contribution in [0.25, 0.3) is 0 Å². The van der Waals surface area contributed by atoms with Crippen LogP contribution in [0.3, 0.4) is 0 Å². The van der Waals surface area contributed by atoms with Gasteiger partial charge in [-0.05, 0) is 36.4 Å². The largest absolute Gasteiger partial charge is 0.363 e. The summed E-state index contributed by atoms with van der Waals surface area (Å²) >= 11 is 0.340. The second-order valence-corrected chi connectivity index (χ2v) is 5.80. The average molecular weight is 349 g/mol. The third-order valence-corrected chi connectivity index (χ3v) is 3.97. The summed E-state index contributed by atoms with van der Waals surface area (Å²) in [5, 5.41) is 0.398. The number of imide groups is 1. The van der Waals surface area contributed by atoms with Crippen molar-refractivity contribution in [2.24, 2.45) is 0 Å². The Morgan fingerprint density at radius 3 is 2.00 bits per heavy atom. The molecule has 2 amide bonds. The van der Waals surface area contributed by atoms with Gasteiger partial charge in [-0.2, -0.15) is 8.78 Å². The molecule has 24 heavy (non-hydrogen) atoms. The fourth-order valence-electron chi connectivity index (χ4n) is 2.16. The van der Waals surface area contributed by atoms with Crippen molar-refractivity contribution in [3.05, 3.63) is 65.2 Å². The number of thioether (sulfide) groups is 1. The van der Waals surface area contributed by atoms with E-state index >= 15 is 0 Å². The molecular weight excluding hydrogens is 340 g/mol. The van der Waals surface area contributed by atoms with Crippen molar-refractivity contribution in [2.45, 2.75) is 10.7 Å². The zero-order chi connectivity index (χ0) is 17.3. The molecule has 0 atom stereocenters. The fourth-order valence-corrected chi connectivity index (χ4v) is 2.66. The van der Waals surface area contributed by atoms with Crippen LogP contribution in [0.2, 0.25) is 0 Å². The van der Waals surface area contributed by atoms with Crippen LogP contribution in [-0.2, 0) is 4.84 Å². The number of carbonyl (C=O) groups is 3. The van der Waals surface area contributed by atoms with Crippen LogP contribution in [0.5, 0.6) is 0 Å². The molecule has 122 valence electrons. The molecular formula is C16H9F2NO4S. The average Bonchev–Trinajstić information content (AvgIpc) is 2.80. The smallest absolute Gasteiger partial charge is 0.324 e. The van der Waals surface area contributed by atoms with Gasteiger partial charge in [-0.15, -0.1) is 0 Å². The first-order chi connectivity index (χ1) is 11.5. The molecule has 0 saturated carbocycles. The van der Waals surface area contributed by atoms with E-state index in [-0.39, 0.29) is 21.6 Å². The summed E-state index contributed by atoms with van der Waals surface area (Å²) in [6, 6.07) is 11.3. The third-order valence-electron chi connectivity index (χ3n) is 3.25. The maximum Gasteiger partial charge on any atom is 0.363 e. The Kier molecular flexibility index (Phi) is 4.30. The Bertz CT molecular complexity index is 788. The molecule has 0 N–H and O–H groups in total. The van der Waals surface area contributed by atoms with Crippen LogP contribution >= 0.6 is 11.8 Å². The van der Waals surface area contributed by atoms with E-state index in [4.69, 9.17) is 4.84 Å². The molecule has 8 heteroatoms. The number of alkyl halides is 2. The van der Waals surface area contributed by atoms with Gasteiger partial charge in [0.2, 0.25) is 0 Å². The van der Waals surface area contributed by atoms with Gasteiger partial charge in [0.05, 0.1) is 16.7 Å². The predicted octanol–water partition coefficient (Wildman–Crippen LogP) is 3.37. The number of benzene rings is 2. The topological polar surface area (TPSA) is 63.7 Å². The van der Waals surface area contributed by atoms with Gasteiger partial charge in [-0.3, -0.25) is 9.59 Å². The van der Waals surface area contributed by atoms with E-state index in [0.29, 0.717) is 16.8 Å². The number of amides is 2. The van der Waals surface area contributed by atoms with E-state index in [1.54, 1.807) is 12.1 Å². The lowest BCUT2D eigenvalue weighted by Crippen LogP contribution is -2.32. The van der Waals surface area contributed by atoms with Crippen LogP contribution in [-0.4, -0.2) is 28.6 Å². The first-order valence-corrected chi connectivity index (χ1v) is 7.60. The van der Waals surface area contributed by atoms with Crippen LogP contribution in [0.4, 0.5) is 8.78 Å². The molecule has 1 aliphatic rings. The van der Waals surface area contributed by atoms with Gasteiger partial charge in [-0.1, -0.05) is 29.0 Å². The highest BCUT2D eigenvalue weighted by molar-refractivity contribution is 7.99. The molecule has 3 rings (SSSR count). The maximum atomic E-state index is 12.3.